The Labute approximate surface area is 105 Å². The van der Waals surface area contributed by atoms with Crippen molar-refractivity contribution in [1.29, 1.82) is 0 Å². The van der Waals surface area contributed by atoms with Gasteiger partial charge in [-0.15, -0.1) is 5.10 Å². The molecule has 1 aromatic rings. The molecule has 0 atom stereocenters. The minimum Gasteiger partial charge on any atom is -0.338 e. The molecule has 1 rings (SSSR count). The molecular formula is C10H18N6O2. The monoisotopic (exact) mass is 254 g/mol. The van der Waals surface area contributed by atoms with Gasteiger partial charge in [0.15, 0.2) is 0 Å². The molecule has 1 heterocycles. The van der Waals surface area contributed by atoms with Crippen molar-refractivity contribution in [2.45, 2.75) is 32.9 Å². The van der Waals surface area contributed by atoms with Gasteiger partial charge in [0.1, 0.15) is 6.54 Å². The maximum Gasteiger partial charge on any atom is 0.321 e. The van der Waals surface area contributed by atoms with Crippen molar-refractivity contribution in [3.63, 3.8) is 0 Å². The molecule has 0 fully saturated rings. The fourth-order valence-corrected chi connectivity index (χ4v) is 1.25. The number of imide groups is 1. The molecule has 0 saturated heterocycles. The second-order valence-electron chi connectivity index (χ2n) is 3.77. The van der Waals surface area contributed by atoms with Crippen molar-refractivity contribution in [3.8, 4) is 0 Å². The molecular weight excluding hydrogens is 236 g/mol. The van der Waals surface area contributed by atoms with Crippen LogP contribution in [0.5, 0.6) is 0 Å². The van der Waals surface area contributed by atoms with E-state index in [2.05, 4.69) is 20.9 Å². The van der Waals surface area contributed by atoms with Gasteiger partial charge in [0.2, 0.25) is 5.91 Å². The van der Waals surface area contributed by atoms with Crippen molar-refractivity contribution in [1.82, 2.24) is 25.6 Å². The second kappa shape index (κ2) is 7.38. The van der Waals surface area contributed by atoms with Crippen LogP contribution in [-0.2, 0) is 17.9 Å². The van der Waals surface area contributed by atoms with E-state index in [1.165, 1.54) is 4.68 Å². The lowest BCUT2D eigenvalue weighted by molar-refractivity contribution is -0.120. The molecule has 4 N–H and O–H groups in total. The summed E-state index contributed by atoms with van der Waals surface area (Å²) in [6.07, 6.45) is 3.42. The first kappa shape index (κ1) is 14.1. The predicted molar refractivity (Wildman–Crippen MR) is 64.4 cm³/mol. The summed E-state index contributed by atoms with van der Waals surface area (Å²) in [7, 11) is 0. The van der Waals surface area contributed by atoms with E-state index in [1.807, 2.05) is 6.92 Å². The van der Waals surface area contributed by atoms with Crippen LogP contribution in [0.15, 0.2) is 6.20 Å². The normalized spacial score (nSPS) is 10.1. The summed E-state index contributed by atoms with van der Waals surface area (Å²) in [5.74, 6) is -0.447. The zero-order valence-electron chi connectivity index (χ0n) is 10.3. The van der Waals surface area contributed by atoms with Gasteiger partial charge in [0.05, 0.1) is 11.9 Å². The molecule has 0 aliphatic rings. The van der Waals surface area contributed by atoms with E-state index in [1.54, 1.807) is 6.20 Å². The fraction of sp³-hybridized carbons (Fsp3) is 0.600. The number of amides is 3. The third-order valence-electron chi connectivity index (χ3n) is 2.17. The maximum absolute atomic E-state index is 11.5. The SMILES string of the molecule is CCCCNC(=O)NC(=O)Cn1cc(CN)nn1. The quantitative estimate of drug-likeness (QED) is 0.584. The number of carbonyl (C=O) groups is 2. The van der Waals surface area contributed by atoms with Crippen molar-refractivity contribution in [2.75, 3.05) is 6.54 Å². The van der Waals surface area contributed by atoms with Crippen LogP contribution in [0, 0.1) is 0 Å². The highest BCUT2D eigenvalue weighted by molar-refractivity contribution is 5.94. The number of nitrogens with one attached hydrogen (secondary N) is 2. The molecule has 0 bridgehead atoms. The molecule has 8 heteroatoms. The summed E-state index contributed by atoms with van der Waals surface area (Å²) in [6, 6.07) is -0.493. The van der Waals surface area contributed by atoms with Gasteiger partial charge in [-0.05, 0) is 6.42 Å². The van der Waals surface area contributed by atoms with Crippen LogP contribution in [0.1, 0.15) is 25.5 Å². The molecule has 3 amide bonds. The van der Waals surface area contributed by atoms with Gasteiger partial charge in [-0.1, -0.05) is 18.6 Å². The smallest absolute Gasteiger partial charge is 0.321 e. The van der Waals surface area contributed by atoms with E-state index in [-0.39, 0.29) is 13.1 Å². The Morgan fingerprint density at radius 2 is 2.28 bits per heavy atom. The minimum atomic E-state index is -0.493. The number of carbonyl (C=O) groups excluding carboxylic acids is 2. The molecule has 18 heavy (non-hydrogen) atoms. The number of urea groups is 1. The van der Waals surface area contributed by atoms with Gasteiger partial charge in [-0.25, -0.2) is 9.48 Å². The number of rotatable bonds is 6. The Hall–Kier alpha value is -1.96. The molecule has 0 saturated carbocycles. The first-order valence-corrected chi connectivity index (χ1v) is 5.82. The summed E-state index contributed by atoms with van der Waals surface area (Å²) >= 11 is 0. The minimum absolute atomic E-state index is 0.0613. The average Bonchev–Trinajstić information content (AvgIpc) is 2.76. The van der Waals surface area contributed by atoms with Gasteiger partial charge >= 0.3 is 6.03 Å². The number of unbranched alkanes of at least 4 members (excludes halogenated alkanes) is 1. The summed E-state index contributed by atoms with van der Waals surface area (Å²) in [5, 5.41) is 12.2. The lowest BCUT2D eigenvalue weighted by Crippen LogP contribution is -2.41. The van der Waals surface area contributed by atoms with E-state index in [9.17, 15) is 9.59 Å². The van der Waals surface area contributed by atoms with Gasteiger partial charge < -0.3 is 11.1 Å². The van der Waals surface area contributed by atoms with E-state index < -0.39 is 11.9 Å². The lowest BCUT2D eigenvalue weighted by atomic mass is 10.3. The highest BCUT2D eigenvalue weighted by Crippen LogP contribution is 1.90. The highest BCUT2D eigenvalue weighted by atomic mass is 16.2. The Morgan fingerprint density at radius 3 is 2.89 bits per heavy atom. The third-order valence-corrected chi connectivity index (χ3v) is 2.17. The highest BCUT2D eigenvalue weighted by Gasteiger charge is 2.08. The Bertz CT molecular complexity index is 403. The molecule has 0 radical (unpaired) electrons. The van der Waals surface area contributed by atoms with Crippen LogP contribution in [0.2, 0.25) is 0 Å². The molecule has 1 aromatic heterocycles. The first-order chi connectivity index (χ1) is 8.65. The third kappa shape index (κ3) is 4.91. The zero-order valence-corrected chi connectivity index (χ0v) is 10.3. The van der Waals surface area contributed by atoms with E-state index in [0.29, 0.717) is 12.2 Å². The summed E-state index contributed by atoms with van der Waals surface area (Å²) in [6.45, 7) is 2.77. The van der Waals surface area contributed by atoms with Gasteiger partial charge in [0, 0.05) is 13.1 Å². The average molecular weight is 254 g/mol. The van der Waals surface area contributed by atoms with Crippen LogP contribution < -0.4 is 16.4 Å². The van der Waals surface area contributed by atoms with Crippen molar-refractivity contribution in [3.05, 3.63) is 11.9 Å². The molecule has 100 valence electrons. The van der Waals surface area contributed by atoms with E-state index in [0.717, 1.165) is 12.8 Å². The standard InChI is InChI=1S/C10H18N6O2/c1-2-3-4-12-10(18)13-9(17)7-16-6-8(5-11)14-15-16/h6H,2-5,7,11H2,1H3,(H2,12,13,17,18). The Balaban J connectivity index is 2.30. The van der Waals surface area contributed by atoms with E-state index in [4.69, 9.17) is 5.73 Å². The first-order valence-electron chi connectivity index (χ1n) is 5.82. The summed E-state index contributed by atoms with van der Waals surface area (Å²) in [5.41, 5.74) is 5.95. The summed E-state index contributed by atoms with van der Waals surface area (Å²) < 4.78 is 1.33. The summed E-state index contributed by atoms with van der Waals surface area (Å²) in [4.78, 5) is 22.7. The molecule has 0 aliphatic carbocycles. The van der Waals surface area contributed by atoms with Crippen LogP contribution in [-0.4, -0.2) is 33.5 Å². The predicted octanol–water partition coefficient (Wildman–Crippen LogP) is -0.637. The molecule has 8 nitrogen and oxygen atoms in total. The Morgan fingerprint density at radius 1 is 1.50 bits per heavy atom. The van der Waals surface area contributed by atoms with Crippen LogP contribution in [0.25, 0.3) is 0 Å². The van der Waals surface area contributed by atoms with Crippen molar-refractivity contribution >= 4 is 11.9 Å². The molecule has 0 aromatic carbocycles. The molecule has 0 aliphatic heterocycles. The zero-order chi connectivity index (χ0) is 13.4. The number of aromatic nitrogens is 3. The Kier molecular flexibility index (Phi) is 5.78. The van der Waals surface area contributed by atoms with Crippen molar-refractivity contribution in [2.24, 2.45) is 5.73 Å². The van der Waals surface area contributed by atoms with Crippen LogP contribution in [0.3, 0.4) is 0 Å². The van der Waals surface area contributed by atoms with E-state index >= 15 is 0 Å². The maximum atomic E-state index is 11.5. The number of hydrogen-bond acceptors (Lipinski definition) is 5. The topological polar surface area (TPSA) is 115 Å². The lowest BCUT2D eigenvalue weighted by Gasteiger charge is -2.05. The second-order valence-corrected chi connectivity index (χ2v) is 3.77. The number of hydrogen-bond donors (Lipinski definition) is 3. The van der Waals surface area contributed by atoms with Gasteiger partial charge in [-0.3, -0.25) is 10.1 Å². The number of nitrogens with two attached hydrogens (primary N) is 1. The van der Waals surface area contributed by atoms with Crippen molar-refractivity contribution < 1.29 is 9.59 Å². The van der Waals surface area contributed by atoms with Gasteiger partial charge in [0.25, 0.3) is 0 Å². The van der Waals surface area contributed by atoms with Crippen LogP contribution in [0.4, 0.5) is 4.79 Å². The fourth-order valence-electron chi connectivity index (χ4n) is 1.25. The van der Waals surface area contributed by atoms with Gasteiger partial charge in [-0.2, -0.15) is 0 Å². The largest absolute Gasteiger partial charge is 0.338 e. The molecule has 0 unspecified atom stereocenters. The molecule has 0 spiro atoms. The number of nitrogens with zero attached hydrogens (tertiary/aromatic N) is 3. The van der Waals surface area contributed by atoms with Crippen LogP contribution >= 0.6 is 0 Å².